The molecule has 0 saturated heterocycles. The number of allylic oxidation sites excluding steroid dienone is 1. The van der Waals surface area contributed by atoms with Crippen LogP contribution in [-0.2, 0) is 6.42 Å². The maximum atomic E-state index is 2.47. The topological polar surface area (TPSA) is 0 Å². The van der Waals surface area contributed by atoms with Crippen LogP contribution in [-0.4, -0.2) is 0 Å². The smallest absolute Gasteiger partial charge is 0.0122 e. The van der Waals surface area contributed by atoms with Gasteiger partial charge < -0.3 is 0 Å². The molecular formula is C34H42. The van der Waals surface area contributed by atoms with Crippen molar-refractivity contribution >= 4 is 6.08 Å². The Morgan fingerprint density at radius 1 is 0.794 bits per heavy atom. The molecular weight excluding hydrogens is 408 g/mol. The average molecular weight is 451 g/mol. The van der Waals surface area contributed by atoms with Crippen molar-refractivity contribution in [2.45, 2.75) is 86.0 Å². The predicted molar refractivity (Wildman–Crippen MR) is 151 cm³/mol. The van der Waals surface area contributed by atoms with Crippen molar-refractivity contribution in [2.75, 3.05) is 0 Å². The van der Waals surface area contributed by atoms with E-state index in [1.165, 1.54) is 75.8 Å². The van der Waals surface area contributed by atoms with Gasteiger partial charge in [-0.05, 0) is 114 Å². The Labute approximate surface area is 208 Å². The van der Waals surface area contributed by atoms with Gasteiger partial charge in [-0.1, -0.05) is 93.8 Å². The van der Waals surface area contributed by atoms with Crippen molar-refractivity contribution in [3.8, 4) is 22.3 Å². The predicted octanol–water partition coefficient (Wildman–Crippen LogP) is 10.2. The maximum absolute atomic E-state index is 2.47. The van der Waals surface area contributed by atoms with Crippen molar-refractivity contribution in [3.05, 3.63) is 88.0 Å². The average Bonchev–Trinajstić information content (AvgIpc) is 2.81. The standard InChI is InChI=1S/C34H42/c1-7-9-27-15-16-31(19-24(27)4)34-26(6)21-32(22-30(34)10-8-2)33-18-17-29(20-25(33)5)28-13-11-23(3)12-14-28/h7,9,15-23,28H,8,10-14H2,1-6H3/b9-7+. The molecule has 1 saturated carbocycles. The Kier molecular flexibility index (Phi) is 7.77. The molecule has 3 aromatic rings. The number of aryl methyl sites for hydroxylation is 4. The number of hydrogen-bond acceptors (Lipinski definition) is 0. The molecule has 1 fully saturated rings. The number of rotatable bonds is 6. The maximum Gasteiger partial charge on any atom is -0.0122 e. The number of hydrogen-bond donors (Lipinski definition) is 0. The van der Waals surface area contributed by atoms with E-state index < -0.39 is 0 Å². The van der Waals surface area contributed by atoms with Gasteiger partial charge in [-0.15, -0.1) is 0 Å². The van der Waals surface area contributed by atoms with E-state index in [0.29, 0.717) is 0 Å². The molecule has 0 radical (unpaired) electrons. The summed E-state index contributed by atoms with van der Waals surface area (Å²) in [5, 5.41) is 0. The lowest BCUT2D eigenvalue weighted by Crippen LogP contribution is -2.11. The van der Waals surface area contributed by atoms with Gasteiger partial charge in [-0.3, -0.25) is 0 Å². The fraction of sp³-hybridized carbons (Fsp3) is 0.412. The summed E-state index contributed by atoms with van der Waals surface area (Å²) < 4.78 is 0. The van der Waals surface area contributed by atoms with Crippen LogP contribution in [0, 0.1) is 26.7 Å². The first-order valence-electron chi connectivity index (χ1n) is 13.4. The molecule has 0 spiro atoms. The van der Waals surface area contributed by atoms with Gasteiger partial charge in [0, 0.05) is 0 Å². The Hall–Kier alpha value is -2.60. The van der Waals surface area contributed by atoms with Crippen LogP contribution in [0.3, 0.4) is 0 Å². The van der Waals surface area contributed by atoms with Crippen LogP contribution in [0.5, 0.6) is 0 Å². The molecule has 0 heteroatoms. The van der Waals surface area contributed by atoms with Gasteiger partial charge >= 0.3 is 0 Å². The monoisotopic (exact) mass is 450 g/mol. The van der Waals surface area contributed by atoms with Crippen molar-refractivity contribution in [1.82, 2.24) is 0 Å². The lowest BCUT2D eigenvalue weighted by molar-refractivity contribution is 0.348. The van der Waals surface area contributed by atoms with Gasteiger partial charge in [-0.2, -0.15) is 0 Å². The first-order chi connectivity index (χ1) is 16.4. The van der Waals surface area contributed by atoms with Crippen LogP contribution in [0.15, 0.2) is 54.6 Å². The highest BCUT2D eigenvalue weighted by Crippen LogP contribution is 2.39. The van der Waals surface area contributed by atoms with E-state index in [9.17, 15) is 0 Å². The van der Waals surface area contributed by atoms with E-state index in [0.717, 1.165) is 24.7 Å². The fourth-order valence-corrected chi connectivity index (χ4v) is 5.95. The second kappa shape index (κ2) is 10.8. The quantitative estimate of drug-likeness (QED) is 0.350. The summed E-state index contributed by atoms with van der Waals surface area (Å²) in [5.74, 6) is 1.65. The molecule has 0 nitrogen and oxygen atoms in total. The number of benzene rings is 3. The van der Waals surface area contributed by atoms with E-state index in [2.05, 4.69) is 102 Å². The van der Waals surface area contributed by atoms with E-state index in [-0.39, 0.29) is 0 Å². The van der Waals surface area contributed by atoms with Gasteiger partial charge in [0.25, 0.3) is 0 Å². The minimum atomic E-state index is 0.748. The molecule has 3 aromatic carbocycles. The third-order valence-corrected chi connectivity index (χ3v) is 7.89. The molecule has 4 rings (SSSR count). The van der Waals surface area contributed by atoms with Gasteiger partial charge in [0.05, 0.1) is 0 Å². The molecule has 0 unspecified atom stereocenters. The third kappa shape index (κ3) is 5.22. The molecule has 0 aromatic heterocycles. The van der Waals surface area contributed by atoms with E-state index in [1.54, 1.807) is 5.56 Å². The van der Waals surface area contributed by atoms with Crippen molar-refractivity contribution in [1.29, 1.82) is 0 Å². The zero-order valence-corrected chi connectivity index (χ0v) is 22.2. The zero-order chi connectivity index (χ0) is 24.2. The summed E-state index contributed by atoms with van der Waals surface area (Å²) >= 11 is 0. The SMILES string of the molecule is C/C=C/c1ccc(-c2c(C)cc(-c3ccc(C4CCC(C)CC4)cc3C)cc2CCC)cc1C. The highest BCUT2D eigenvalue weighted by Gasteiger charge is 2.20. The molecule has 0 heterocycles. The molecule has 0 amide bonds. The zero-order valence-electron chi connectivity index (χ0n) is 22.2. The first-order valence-corrected chi connectivity index (χ1v) is 13.4. The highest BCUT2D eigenvalue weighted by atomic mass is 14.3. The van der Waals surface area contributed by atoms with Gasteiger partial charge in [0.15, 0.2) is 0 Å². The molecule has 34 heavy (non-hydrogen) atoms. The van der Waals surface area contributed by atoms with Crippen LogP contribution < -0.4 is 0 Å². The van der Waals surface area contributed by atoms with Crippen LogP contribution in [0.4, 0.5) is 0 Å². The van der Waals surface area contributed by atoms with Crippen molar-refractivity contribution < 1.29 is 0 Å². The summed E-state index contributed by atoms with van der Waals surface area (Å²) in [4.78, 5) is 0. The Morgan fingerprint density at radius 3 is 2.18 bits per heavy atom. The molecule has 0 atom stereocenters. The Morgan fingerprint density at radius 2 is 1.53 bits per heavy atom. The molecule has 1 aliphatic carbocycles. The minimum Gasteiger partial charge on any atom is -0.0871 e. The van der Waals surface area contributed by atoms with Crippen LogP contribution >= 0.6 is 0 Å². The molecule has 178 valence electrons. The summed E-state index contributed by atoms with van der Waals surface area (Å²) in [5.41, 5.74) is 14.0. The second-order valence-corrected chi connectivity index (χ2v) is 10.7. The molecule has 0 bridgehead atoms. The largest absolute Gasteiger partial charge is 0.0871 e. The van der Waals surface area contributed by atoms with Gasteiger partial charge in [0.1, 0.15) is 0 Å². The lowest BCUT2D eigenvalue weighted by Gasteiger charge is -2.27. The summed E-state index contributed by atoms with van der Waals surface area (Å²) in [6.07, 6.45) is 12.0. The van der Waals surface area contributed by atoms with Crippen molar-refractivity contribution in [2.24, 2.45) is 5.92 Å². The second-order valence-electron chi connectivity index (χ2n) is 10.7. The minimum absolute atomic E-state index is 0.748. The van der Waals surface area contributed by atoms with Crippen LogP contribution in [0.25, 0.3) is 28.3 Å². The van der Waals surface area contributed by atoms with E-state index in [1.807, 2.05) is 0 Å². The summed E-state index contributed by atoms with van der Waals surface area (Å²) in [6, 6.07) is 19.1. The molecule has 0 N–H and O–H groups in total. The summed E-state index contributed by atoms with van der Waals surface area (Å²) in [7, 11) is 0. The summed E-state index contributed by atoms with van der Waals surface area (Å²) in [6.45, 7) is 13.6. The van der Waals surface area contributed by atoms with Gasteiger partial charge in [0.2, 0.25) is 0 Å². The first kappa shape index (κ1) is 24.5. The van der Waals surface area contributed by atoms with Gasteiger partial charge in [-0.25, -0.2) is 0 Å². The molecule has 0 aliphatic heterocycles. The fourth-order valence-electron chi connectivity index (χ4n) is 5.95. The normalized spacial score (nSPS) is 18.5. The van der Waals surface area contributed by atoms with Crippen LogP contribution in [0.1, 0.15) is 92.2 Å². The third-order valence-electron chi connectivity index (χ3n) is 7.89. The van der Waals surface area contributed by atoms with E-state index in [4.69, 9.17) is 0 Å². The lowest BCUT2D eigenvalue weighted by atomic mass is 9.78. The highest BCUT2D eigenvalue weighted by molar-refractivity contribution is 5.79. The Balaban J connectivity index is 1.71. The van der Waals surface area contributed by atoms with E-state index >= 15 is 0 Å². The van der Waals surface area contributed by atoms with Crippen molar-refractivity contribution in [3.63, 3.8) is 0 Å². The Bertz CT molecular complexity index is 1170. The van der Waals surface area contributed by atoms with Crippen LogP contribution in [0.2, 0.25) is 0 Å². The molecule has 1 aliphatic rings.